The van der Waals surface area contributed by atoms with Gasteiger partial charge in [-0.3, -0.25) is 5.32 Å². The smallest absolute Gasteiger partial charge is 0.412 e. The van der Waals surface area contributed by atoms with E-state index < -0.39 is 11.7 Å². The van der Waals surface area contributed by atoms with Gasteiger partial charge in [0.25, 0.3) is 0 Å². The van der Waals surface area contributed by atoms with Gasteiger partial charge < -0.3 is 10.1 Å². The molecule has 2 N–H and O–H groups in total. The second kappa shape index (κ2) is 7.18. The van der Waals surface area contributed by atoms with Crippen molar-refractivity contribution in [3.63, 3.8) is 0 Å². The summed E-state index contributed by atoms with van der Waals surface area (Å²) in [5, 5.41) is 6.22. The zero-order valence-corrected chi connectivity index (χ0v) is 14.1. The summed E-state index contributed by atoms with van der Waals surface area (Å²) in [6.07, 6.45) is -0.459. The zero-order valence-electron chi connectivity index (χ0n) is 14.1. The summed E-state index contributed by atoms with van der Waals surface area (Å²) in [5.41, 5.74) is 2.21. The molecule has 0 spiro atoms. The Bertz CT molecular complexity index is 648. The van der Waals surface area contributed by atoms with E-state index in [0.29, 0.717) is 5.69 Å². The van der Waals surface area contributed by atoms with Crippen molar-refractivity contribution in [1.29, 1.82) is 0 Å². The van der Waals surface area contributed by atoms with Gasteiger partial charge in [0.15, 0.2) is 0 Å². The number of anilines is 2. The molecule has 4 heteroatoms. The van der Waals surface area contributed by atoms with Crippen molar-refractivity contribution in [1.82, 2.24) is 0 Å². The highest BCUT2D eigenvalue weighted by Gasteiger charge is 2.17. The molecule has 0 aromatic heterocycles. The maximum Gasteiger partial charge on any atom is 0.412 e. The Kier molecular flexibility index (Phi) is 5.27. The van der Waals surface area contributed by atoms with Crippen LogP contribution in [0.2, 0.25) is 0 Å². The summed E-state index contributed by atoms with van der Waals surface area (Å²) in [6.45, 7) is 7.61. The van der Waals surface area contributed by atoms with Crippen LogP contribution in [0.3, 0.4) is 0 Å². The van der Waals surface area contributed by atoms with Gasteiger partial charge in [-0.2, -0.15) is 0 Å². The Morgan fingerprint density at radius 1 is 0.957 bits per heavy atom. The van der Waals surface area contributed by atoms with Crippen molar-refractivity contribution in [2.24, 2.45) is 0 Å². The lowest BCUT2D eigenvalue weighted by Gasteiger charge is -2.22. The molecule has 1 atom stereocenters. The topological polar surface area (TPSA) is 50.4 Å². The van der Waals surface area contributed by atoms with Crippen molar-refractivity contribution >= 4 is 17.5 Å². The van der Waals surface area contributed by atoms with E-state index in [9.17, 15) is 4.79 Å². The molecular formula is C19H24N2O2. The molecule has 2 rings (SSSR count). The van der Waals surface area contributed by atoms with Crippen LogP contribution in [0, 0.1) is 0 Å². The fourth-order valence-electron chi connectivity index (χ4n) is 2.19. The minimum Gasteiger partial charge on any atom is -0.444 e. The van der Waals surface area contributed by atoms with Gasteiger partial charge in [-0.25, -0.2) is 4.79 Å². The fourth-order valence-corrected chi connectivity index (χ4v) is 2.19. The minimum atomic E-state index is -0.524. The molecule has 122 valence electrons. The third kappa shape index (κ3) is 5.33. The van der Waals surface area contributed by atoms with Crippen molar-refractivity contribution in [3.05, 3.63) is 60.2 Å². The number of carbonyl (C=O) groups is 1. The van der Waals surface area contributed by atoms with Gasteiger partial charge in [0.2, 0.25) is 0 Å². The first-order chi connectivity index (χ1) is 10.8. The first-order valence-corrected chi connectivity index (χ1v) is 7.76. The van der Waals surface area contributed by atoms with Crippen LogP contribution in [0.5, 0.6) is 0 Å². The lowest BCUT2D eigenvalue weighted by molar-refractivity contribution is 0.0636. The van der Waals surface area contributed by atoms with E-state index in [1.807, 2.05) is 63.2 Å². The van der Waals surface area contributed by atoms with Crippen molar-refractivity contribution < 1.29 is 9.53 Å². The Labute approximate surface area is 137 Å². The maximum atomic E-state index is 12.0. The number of ether oxygens (including phenoxy) is 1. The largest absolute Gasteiger partial charge is 0.444 e. The van der Waals surface area contributed by atoms with Crippen LogP contribution in [0.15, 0.2) is 54.6 Å². The van der Waals surface area contributed by atoms with Crippen LogP contribution in [-0.2, 0) is 4.74 Å². The Balaban J connectivity index is 2.10. The molecule has 0 fully saturated rings. The molecule has 1 amide bonds. The first kappa shape index (κ1) is 16.9. The second-order valence-electron chi connectivity index (χ2n) is 6.45. The zero-order chi connectivity index (χ0) is 16.9. The van der Waals surface area contributed by atoms with Crippen LogP contribution >= 0.6 is 0 Å². The van der Waals surface area contributed by atoms with E-state index in [1.54, 1.807) is 0 Å². The number of benzene rings is 2. The molecule has 23 heavy (non-hydrogen) atoms. The lowest BCUT2D eigenvalue weighted by atomic mass is 10.1. The summed E-state index contributed by atoms with van der Waals surface area (Å²) in [6, 6.07) is 17.9. The summed E-state index contributed by atoms with van der Waals surface area (Å²) in [5.74, 6) is 0. The minimum absolute atomic E-state index is 0.123. The molecule has 0 saturated heterocycles. The Morgan fingerprint density at radius 2 is 1.52 bits per heavy atom. The molecule has 0 saturated carbocycles. The van der Waals surface area contributed by atoms with Crippen LogP contribution in [0.1, 0.15) is 39.3 Å². The van der Waals surface area contributed by atoms with Crippen LogP contribution in [0.25, 0.3) is 0 Å². The third-order valence-corrected chi connectivity index (χ3v) is 3.23. The number of carbonyl (C=O) groups excluding carboxylic acids is 1. The fraction of sp³-hybridized carbons (Fsp3) is 0.316. The van der Waals surface area contributed by atoms with Crippen LogP contribution in [-0.4, -0.2) is 11.7 Å². The van der Waals surface area contributed by atoms with E-state index in [-0.39, 0.29) is 6.04 Å². The average molecular weight is 312 g/mol. The highest BCUT2D eigenvalue weighted by atomic mass is 16.6. The molecule has 2 aromatic carbocycles. The third-order valence-electron chi connectivity index (χ3n) is 3.23. The molecule has 2 aromatic rings. The highest BCUT2D eigenvalue weighted by Crippen LogP contribution is 2.26. The monoisotopic (exact) mass is 312 g/mol. The molecule has 0 heterocycles. The Hall–Kier alpha value is -2.49. The van der Waals surface area contributed by atoms with Gasteiger partial charge >= 0.3 is 6.09 Å². The maximum absolute atomic E-state index is 12.0. The van der Waals surface area contributed by atoms with E-state index in [2.05, 4.69) is 29.7 Å². The van der Waals surface area contributed by atoms with Crippen LogP contribution in [0.4, 0.5) is 16.2 Å². The predicted octanol–water partition coefficient (Wildman–Crippen LogP) is 5.21. The predicted molar refractivity (Wildman–Crippen MR) is 94.8 cm³/mol. The summed E-state index contributed by atoms with van der Waals surface area (Å²) >= 11 is 0. The molecule has 1 unspecified atom stereocenters. The molecule has 0 bridgehead atoms. The van der Waals surface area contributed by atoms with Gasteiger partial charge in [0, 0.05) is 6.04 Å². The SMILES string of the molecule is CC(Nc1ccccc1NC(=O)OC(C)(C)C)c1ccccc1. The van der Waals surface area contributed by atoms with Crippen molar-refractivity contribution in [2.75, 3.05) is 10.6 Å². The second-order valence-corrected chi connectivity index (χ2v) is 6.45. The van der Waals surface area contributed by atoms with Gasteiger partial charge in [0.1, 0.15) is 5.60 Å². The van der Waals surface area contributed by atoms with Gasteiger partial charge in [-0.1, -0.05) is 42.5 Å². The quantitative estimate of drug-likeness (QED) is 0.815. The molecule has 4 nitrogen and oxygen atoms in total. The van der Waals surface area contributed by atoms with Crippen LogP contribution < -0.4 is 10.6 Å². The number of para-hydroxylation sites is 2. The van der Waals surface area contributed by atoms with Gasteiger partial charge in [0.05, 0.1) is 11.4 Å². The summed E-state index contributed by atoms with van der Waals surface area (Å²) < 4.78 is 5.31. The van der Waals surface area contributed by atoms with Gasteiger partial charge in [-0.05, 0) is 45.4 Å². The van der Waals surface area contributed by atoms with Crippen molar-refractivity contribution in [2.45, 2.75) is 39.3 Å². The number of nitrogens with one attached hydrogen (secondary N) is 2. The molecule has 0 aliphatic heterocycles. The molecule has 0 radical (unpaired) electrons. The van der Waals surface area contributed by atoms with E-state index in [1.165, 1.54) is 5.56 Å². The number of hydrogen-bond donors (Lipinski definition) is 2. The number of amides is 1. The first-order valence-electron chi connectivity index (χ1n) is 7.76. The summed E-state index contributed by atoms with van der Waals surface area (Å²) in [7, 11) is 0. The Morgan fingerprint density at radius 3 is 2.13 bits per heavy atom. The average Bonchev–Trinajstić information content (AvgIpc) is 2.48. The number of hydrogen-bond acceptors (Lipinski definition) is 3. The molecule has 0 aliphatic carbocycles. The van der Waals surface area contributed by atoms with Crippen molar-refractivity contribution in [3.8, 4) is 0 Å². The summed E-state index contributed by atoms with van der Waals surface area (Å²) in [4.78, 5) is 12.0. The van der Waals surface area contributed by atoms with E-state index >= 15 is 0 Å². The van der Waals surface area contributed by atoms with Gasteiger partial charge in [-0.15, -0.1) is 0 Å². The number of rotatable bonds is 4. The molecule has 0 aliphatic rings. The van der Waals surface area contributed by atoms with E-state index in [4.69, 9.17) is 4.74 Å². The standard InChI is InChI=1S/C19H24N2O2/c1-14(15-10-6-5-7-11-15)20-16-12-8-9-13-17(16)21-18(22)23-19(2,3)4/h5-14,20H,1-4H3,(H,21,22). The highest BCUT2D eigenvalue weighted by molar-refractivity contribution is 5.89. The van der Waals surface area contributed by atoms with E-state index in [0.717, 1.165) is 5.69 Å². The normalized spacial score (nSPS) is 12.3. The molecular weight excluding hydrogens is 288 g/mol. The lowest BCUT2D eigenvalue weighted by Crippen LogP contribution is -2.27.